The van der Waals surface area contributed by atoms with Gasteiger partial charge in [0.25, 0.3) is 5.91 Å². The molecule has 8 nitrogen and oxygen atoms in total. The van der Waals surface area contributed by atoms with E-state index >= 15 is 0 Å². The van der Waals surface area contributed by atoms with Crippen LogP contribution in [0.25, 0.3) is 0 Å². The quantitative estimate of drug-likeness (QED) is 0.599. The second-order valence-electron chi connectivity index (χ2n) is 4.85. The van der Waals surface area contributed by atoms with Crippen molar-refractivity contribution in [2.45, 2.75) is 20.4 Å². The van der Waals surface area contributed by atoms with Gasteiger partial charge in [-0.1, -0.05) is 34.8 Å². The number of hydrogen-bond donors (Lipinski definition) is 2. The zero-order chi connectivity index (χ0) is 18.0. The Morgan fingerprint density at radius 1 is 1.29 bits per heavy atom. The monoisotopic (exact) mass is 391 g/mol. The number of nitrogens with one attached hydrogen (secondary N) is 2. The summed E-state index contributed by atoms with van der Waals surface area (Å²) < 4.78 is 1.25. The second-order valence-corrected chi connectivity index (χ2v) is 6.10. The molecule has 0 aliphatic rings. The van der Waals surface area contributed by atoms with Crippen molar-refractivity contribution in [2.75, 3.05) is 5.43 Å². The van der Waals surface area contributed by atoms with E-state index in [-0.39, 0.29) is 39.4 Å². The molecule has 2 rings (SSSR count). The number of halogens is 3. The predicted octanol–water partition coefficient (Wildman–Crippen LogP) is 3.51. The SMILES string of the molecule is Cc1nn(CC(=O)NNc2c(Cl)cc(Cl)cc2Cl)c(C)c1[N+](=O)[O-]. The summed E-state index contributed by atoms with van der Waals surface area (Å²) in [6.45, 7) is 2.81. The van der Waals surface area contributed by atoms with Crippen LogP contribution in [0.1, 0.15) is 11.4 Å². The lowest BCUT2D eigenvalue weighted by Crippen LogP contribution is -2.33. The van der Waals surface area contributed by atoms with Crippen LogP contribution in [-0.2, 0) is 11.3 Å². The van der Waals surface area contributed by atoms with Gasteiger partial charge in [0, 0.05) is 5.02 Å². The maximum Gasteiger partial charge on any atom is 0.312 e. The first-order chi connectivity index (χ1) is 11.2. The third-order valence-electron chi connectivity index (χ3n) is 3.15. The van der Waals surface area contributed by atoms with Gasteiger partial charge in [-0.05, 0) is 26.0 Å². The molecule has 0 atom stereocenters. The average Bonchev–Trinajstić information content (AvgIpc) is 2.71. The number of nitrogens with zero attached hydrogens (tertiary/aromatic N) is 3. The molecule has 2 N–H and O–H groups in total. The van der Waals surface area contributed by atoms with E-state index in [4.69, 9.17) is 34.8 Å². The first-order valence-electron chi connectivity index (χ1n) is 6.58. The molecule has 0 saturated heterocycles. The van der Waals surface area contributed by atoms with Crippen LogP contribution in [-0.4, -0.2) is 20.6 Å². The number of benzene rings is 1. The van der Waals surface area contributed by atoms with Gasteiger partial charge < -0.3 is 0 Å². The molecular weight excluding hydrogens is 381 g/mol. The van der Waals surface area contributed by atoms with Crippen molar-refractivity contribution >= 4 is 52.1 Å². The molecule has 1 aromatic heterocycles. The van der Waals surface area contributed by atoms with Gasteiger partial charge >= 0.3 is 5.69 Å². The Labute approximate surface area is 151 Å². The zero-order valence-electron chi connectivity index (χ0n) is 12.6. The molecule has 0 saturated carbocycles. The van der Waals surface area contributed by atoms with Gasteiger partial charge in [-0.2, -0.15) is 5.10 Å². The molecule has 0 spiro atoms. The molecule has 0 fully saturated rings. The lowest BCUT2D eigenvalue weighted by molar-refractivity contribution is -0.386. The van der Waals surface area contributed by atoms with E-state index in [9.17, 15) is 14.9 Å². The summed E-state index contributed by atoms with van der Waals surface area (Å²) in [6, 6.07) is 2.93. The van der Waals surface area contributed by atoms with E-state index in [0.717, 1.165) is 0 Å². The largest absolute Gasteiger partial charge is 0.312 e. The highest BCUT2D eigenvalue weighted by molar-refractivity contribution is 6.41. The van der Waals surface area contributed by atoms with E-state index in [1.807, 2.05) is 0 Å². The molecule has 11 heteroatoms. The summed E-state index contributed by atoms with van der Waals surface area (Å²) in [5, 5.41) is 15.8. The number of hydrazine groups is 1. The summed E-state index contributed by atoms with van der Waals surface area (Å²) in [4.78, 5) is 22.4. The smallest absolute Gasteiger partial charge is 0.296 e. The van der Waals surface area contributed by atoms with E-state index < -0.39 is 10.8 Å². The fraction of sp³-hybridized carbons (Fsp3) is 0.231. The Hall–Kier alpha value is -2.03. The van der Waals surface area contributed by atoms with E-state index in [1.165, 1.54) is 30.7 Å². The summed E-state index contributed by atoms with van der Waals surface area (Å²) in [5.41, 5.74) is 5.70. The minimum atomic E-state index is -0.530. The molecule has 0 aliphatic heterocycles. The fourth-order valence-corrected chi connectivity index (χ4v) is 2.99. The van der Waals surface area contributed by atoms with Gasteiger partial charge in [-0.25, -0.2) is 0 Å². The second kappa shape index (κ2) is 7.25. The van der Waals surface area contributed by atoms with Crippen LogP contribution in [0.3, 0.4) is 0 Å². The van der Waals surface area contributed by atoms with Crippen molar-refractivity contribution in [1.82, 2.24) is 15.2 Å². The molecule has 0 radical (unpaired) electrons. The number of aromatic nitrogens is 2. The van der Waals surface area contributed by atoms with Crippen molar-refractivity contribution in [3.05, 3.63) is 48.7 Å². The highest BCUT2D eigenvalue weighted by Gasteiger charge is 2.22. The summed E-state index contributed by atoms with van der Waals surface area (Å²) in [5.74, 6) is -0.488. The van der Waals surface area contributed by atoms with Crippen LogP contribution in [0.4, 0.5) is 11.4 Å². The third kappa shape index (κ3) is 3.89. The molecular formula is C13H12Cl3N5O3. The molecule has 1 aromatic carbocycles. The van der Waals surface area contributed by atoms with Crippen molar-refractivity contribution < 1.29 is 9.72 Å². The lowest BCUT2D eigenvalue weighted by Gasteiger charge is -2.12. The molecule has 24 heavy (non-hydrogen) atoms. The van der Waals surface area contributed by atoms with Crippen molar-refractivity contribution in [2.24, 2.45) is 0 Å². The molecule has 1 heterocycles. The van der Waals surface area contributed by atoms with Crippen LogP contribution < -0.4 is 10.9 Å². The van der Waals surface area contributed by atoms with Gasteiger partial charge in [-0.3, -0.25) is 30.4 Å². The van der Waals surface area contributed by atoms with Gasteiger partial charge in [0.2, 0.25) is 0 Å². The zero-order valence-corrected chi connectivity index (χ0v) is 14.8. The fourth-order valence-electron chi connectivity index (χ4n) is 2.08. The van der Waals surface area contributed by atoms with Crippen LogP contribution in [0.2, 0.25) is 15.1 Å². The Bertz CT molecular complexity index is 798. The summed E-state index contributed by atoms with van der Waals surface area (Å²) in [6.07, 6.45) is 0. The first kappa shape index (κ1) is 18.3. The Kier molecular flexibility index (Phi) is 5.53. The number of rotatable bonds is 5. The van der Waals surface area contributed by atoms with Crippen molar-refractivity contribution in [3.63, 3.8) is 0 Å². The Balaban J connectivity index is 2.08. The normalized spacial score (nSPS) is 10.5. The molecule has 0 bridgehead atoms. The summed E-state index contributed by atoms with van der Waals surface area (Å²) >= 11 is 17.8. The first-order valence-corrected chi connectivity index (χ1v) is 7.72. The number of carbonyl (C=O) groups is 1. The summed E-state index contributed by atoms with van der Waals surface area (Å²) in [7, 11) is 0. The maximum atomic E-state index is 12.0. The minimum absolute atomic E-state index is 0.112. The molecule has 2 aromatic rings. The number of carbonyl (C=O) groups excluding carboxylic acids is 1. The average molecular weight is 393 g/mol. The van der Waals surface area contributed by atoms with Gasteiger partial charge in [0.1, 0.15) is 17.9 Å². The highest BCUT2D eigenvalue weighted by atomic mass is 35.5. The molecule has 0 unspecified atom stereocenters. The highest BCUT2D eigenvalue weighted by Crippen LogP contribution is 2.33. The molecule has 128 valence electrons. The van der Waals surface area contributed by atoms with Gasteiger partial charge in [0.05, 0.1) is 20.7 Å². The van der Waals surface area contributed by atoms with Crippen LogP contribution in [0.15, 0.2) is 12.1 Å². The van der Waals surface area contributed by atoms with E-state index in [0.29, 0.717) is 5.02 Å². The van der Waals surface area contributed by atoms with E-state index in [2.05, 4.69) is 16.0 Å². The van der Waals surface area contributed by atoms with Crippen molar-refractivity contribution in [3.8, 4) is 0 Å². The number of amides is 1. The number of anilines is 1. The van der Waals surface area contributed by atoms with Gasteiger partial charge in [-0.15, -0.1) is 0 Å². The van der Waals surface area contributed by atoms with Gasteiger partial charge in [0.15, 0.2) is 0 Å². The number of aryl methyl sites for hydroxylation is 1. The van der Waals surface area contributed by atoms with Crippen LogP contribution >= 0.6 is 34.8 Å². The Morgan fingerprint density at radius 3 is 2.38 bits per heavy atom. The minimum Gasteiger partial charge on any atom is -0.296 e. The topological polar surface area (TPSA) is 102 Å². The van der Waals surface area contributed by atoms with E-state index in [1.54, 1.807) is 0 Å². The number of hydrogen-bond acceptors (Lipinski definition) is 5. The predicted molar refractivity (Wildman–Crippen MR) is 91.6 cm³/mol. The number of nitro groups is 1. The van der Waals surface area contributed by atoms with Crippen LogP contribution in [0.5, 0.6) is 0 Å². The Morgan fingerprint density at radius 2 is 1.88 bits per heavy atom. The molecule has 1 amide bonds. The maximum absolute atomic E-state index is 12.0. The van der Waals surface area contributed by atoms with Crippen molar-refractivity contribution in [1.29, 1.82) is 0 Å². The molecule has 0 aliphatic carbocycles. The standard InChI is InChI=1S/C13H12Cl3N5O3/c1-6-13(21(23)24)7(2)20(19-6)5-11(22)17-18-12-9(15)3-8(14)4-10(12)16/h3-4,18H,5H2,1-2H3,(H,17,22). The van der Waals surface area contributed by atoms with Crippen LogP contribution in [0, 0.1) is 24.0 Å². The third-order valence-corrected chi connectivity index (χ3v) is 3.97. The lowest BCUT2D eigenvalue weighted by atomic mass is 10.3.